The molecule has 7 nitrogen and oxygen atoms in total. The van der Waals surface area contributed by atoms with Gasteiger partial charge in [-0.25, -0.2) is 4.98 Å². The summed E-state index contributed by atoms with van der Waals surface area (Å²) in [5, 5.41) is 2.87. The smallest absolute Gasteiger partial charge is 0.226 e. The first-order chi connectivity index (χ1) is 11.0. The topological polar surface area (TPSA) is 75.9 Å². The second-order valence-electron chi connectivity index (χ2n) is 6.04. The molecule has 7 heteroatoms. The summed E-state index contributed by atoms with van der Waals surface area (Å²) in [4.78, 5) is 27.4. The number of carbonyl (C=O) groups is 1. The van der Waals surface area contributed by atoms with Gasteiger partial charge < -0.3 is 9.88 Å². The van der Waals surface area contributed by atoms with Crippen LogP contribution >= 0.6 is 0 Å². The fourth-order valence-electron chi connectivity index (χ4n) is 2.67. The Labute approximate surface area is 135 Å². The van der Waals surface area contributed by atoms with Crippen LogP contribution in [0.5, 0.6) is 0 Å². The first-order valence-electron chi connectivity index (χ1n) is 7.83. The van der Waals surface area contributed by atoms with E-state index in [1.54, 1.807) is 12.4 Å². The molecule has 23 heavy (non-hydrogen) atoms. The van der Waals surface area contributed by atoms with Crippen LogP contribution < -0.4 is 5.32 Å². The Hall–Kier alpha value is -2.28. The van der Waals surface area contributed by atoms with Gasteiger partial charge in [-0.15, -0.1) is 0 Å². The standard InChI is InChI=1S/C16H22N6O/c1-11-7-18-14(8-17-11)9-19-15(23)6-13-10-22-5-4-21(3)12(2)16(22)20-13/h7-8,10,12H,4-6,9H2,1-3H3,(H,19,23). The Bertz CT molecular complexity index is 693. The summed E-state index contributed by atoms with van der Waals surface area (Å²) < 4.78 is 2.15. The number of likely N-dealkylation sites (N-methyl/N-ethyl adjacent to an activating group) is 1. The lowest BCUT2D eigenvalue weighted by Crippen LogP contribution is -2.33. The van der Waals surface area contributed by atoms with Crippen molar-refractivity contribution in [2.24, 2.45) is 0 Å². The van der Waals surface area contributed by atoms with Gasteiger partial charge >= 0.3 is 0 Å². The SMILES string of the molecule is Cc1cnc(CNC(=O)Cc2cn3c(n2)C(C)N(C)CC3)cn1. The highest BCUT2D eigenvalue weighted by molar-refractivity contribution is 5.78. The summed E-state index contributed by atoms with van der Waals surface area (Å²) in [7, 11) is 2.10. The molecule has 2 aromatic heterocycles. The quantitative estimate of drug-likeness (QED) is 0.905. The minimum absolute atomic E-state index is 0.0520. The number of amides is 1. The second kappa shape index (κ2) is 6.45. The van der Waals surface area contributed by atoms with Gasteiger partial charge in [0.1, 0.15) is 5.82 Å². The van der Waals surface area contributed by atoms with E-state index in [0.717, 1.165) is 36.0 Å². The first-order valence-corrected chi connectivity index (χ1v) is 7.83. The third-order valence-corrected chi connectivity index (χ3v) is 4.23. The van der Waals surface area contributed by atoms with Gasteiger partial charge in [0.2, 0.25) is 5.91 Å². The zero-order valence-corrected chi connectivity index (χ0v) is 13.8. The van der Waals surface area contributed by atoms with Gasteiger partial charge in [0.05, 0.1) is 42.3 Å². The number of aromatic nitrogens is 4. The van der Waals surface area contributed by atoms with Crippen molar-refractivity contribution in [2.75, 3.05) is 13.6 Å². The molecule has 3 rings (SSSR count). The highest BCUT2D eigenvalue weighted by atomic mass is 16.1. The van der Waals surface area contributed by atoms with E-state index in [1.807, 2.05) is 13.1 Å². The molecule has 0 aromatic carbocycles. The summed E-state index contributed by atoms with van der Waals surface area (Å²) in [6.45, 7) is 6.33. The van der Waals surface area contributed by atoms with Crippen LogP contribution in [0, 0.1) is 6.92 Å². The van der Waals surface area contributed by atoms with Crippen molar-refractivity contribution in [2.45, 2.75) is 39.4 Å². The van der Waals surface area contributed by atoms with Crippen molar-refractivity contribution >= 4 is 5.91 Å². The summed E-state index contributed by atoms with van der Waals surface area (Å²) in [5.41, 5.74) is 2.43. The molecule has 0 radical (unpaired) electrons. The van der Waals surface area contributed by atoms with E-state index in [4.69, 9.17) is 0 Å². The number of carbonyl (C=O) groups excluding carboxylic acids is 1. The molecule has 0 saturated heterocycles. The van der Waals surface area contributed by atoms with Gasteiger partial charge in [-0.05, 0) is 20.9 Å². The lowest BCUT2D eigenvalue weighted by Gasteiger charge is -2.30. The van der Waals surface area contributed by atoms with Crippen molar-refractivity contribution in [1.82, 2.24) is 29.7 Å². The van der Waals surface area contributed by atoms with Crippen LogP contribution in [0.3, 0.4) is 0 Å². The number of hydrogen-bond donors (Lipinski definition) is 1. The fourth-order valence-corrected chi connectivity index (χ4v) is 2.67. The Morgan fingerprint density at radius 1 is 1.30 bits per heavy atom. The van der Waals surface area contributed by atoms with Crippen molar-refractivity contribution in [1.29, 1.82) is 0 Å². The third-order valence-electron chi connectivity index (χ3n) is 4.23. The van der Waals surface area contributed by atoms with Crippen molar-refractivity contribution < 1.29 is 4.79 Å². The minimum atomic E-state index is -0.0520. The number of fused-ring (bicyclic) bond motifs is 1. The Morgan fingerprint density at radius 3 is 2.87 bits per heavy atom. The maximum absolute atomic E-state index is 12.1. The molecule has 1 N–H and O–H groups in total. The highest BCUT2D eigenvalue weighted by Crippen LogP contribution is 2.22. The van der Waals surface area contributed by atoms with Gasteiger partial charge in [-0.2, -0.15) is 0 Å². The summed E-state index contributed by atoms with van der Waals surface area (Å²) in [5.74, 6) is 0.981. The molecular weight excluding hydrogens is 292 g/mol. The van der Waals surface area contributed by atoms with E-state index in [2.05, 4.69) is 43.7 Å². The van der Waals surface area contributed by atoms with Gasteiger partial charge in [-0.3, -0.25) is 19.7 Å². The molecule has 1 aliphatic heterocycles. The van der Waals surface area contributed by atoms with Gasteiger partial charge in [-0.1, -0.05) is 0 Å². The van der Waals surface area contributed by atoms with E-state index in [0.29, 0.717) is 6.54 Å². The molecule has 1 aliphatic rings. The molecule has 0 fully saturated rings. The third kappa shape index (κ3) is 3.56. The van der Waals surface area contributed by atoms with Crippen LogP contribution in [-0.2, 0) is 24.3 Å². The van der Waals surface area contributed by atoms with E-state index in [1.165, 1.54) is 0 Å². The van der Waals surface area contributed by atoms with Crippen LogP contribution in [-0.4, -0.2) is 43.9 Å². The maximum atomic E-state index is 12.1. The Kier molecular flexibility index (Phi) is 4.38. The fraction of sp³-hybridized carbons (Fsp3) is 0.500. The van der Waals surface area contributed by atoms with Gasteiger partial charge in [0.15, 0.2) is 0 Å². The van der Waals surface area contributed by atoms with E-state index in [-0.39, 0.29) is 18.4 Å². The predicted molar refractivity (Wildman–Crippen MR) is 85.6 cm³/mol. The first kappa shape index (κ1) is 15.6. The minimum Gasteiger partial charge on any atom is -0.350 e. The number of imidazole rings is 1. The van der Waals surface area contributed by atoms with Crippen molar-refractivity contribution in [3.63, 3.8) is 0 Å². The van der Waals surface area contributed by atoms with Crippen LogP contribution in [0.25, 0.3) is 0 Å². The van der Waals surface area contributed by atoms with E-state index in [9.17, 15) is 4.79 Å². The molecule has 1 amide bonds. The summed E-state index contributed by atoms with van der Waals surface area (Å²) >= 11 is 0. The van der Waals surface area contributed by atoms with Gasteiger partial charge in [0.25, 0.3) is 0 Å². The average molecular weight is 314 g/mol. The Balaban J connectivity index is 1.58. The molecule has 0 saturated carbocycles. The number of nitrogens with one attached hydrogen (secondary N) is 1. The van der Waals surface area contributed by atoms with Crippen molar-refractivity contribution in [3.05, 3.63) is 41.5 Å². The second-order valence-corrected chi connectivity index (χ2v) is 6.04. The number of rotatable bonds is 4. The monoisotopic (exact) mass is 314 g/mol. The largest absolute Gasteiger partial charge is 0.350 e. The highest BCUT2D eigenvalue weighted by Gasteiger charge is 2.23. The molecule has 0 aliphatic carbocycles. The van der Waals surface area contributed by atoms with Crippen LogP contribution in [0.4, 0.5) is 0 Å². The molecule has 0 spiro atoms. The molecule has 122 valence electrons. The van der Waals surface area contributed by atoms with Crippen LogP contribution in [0.2, 0.25) is 0 Å². The molecule has 0 bridgehead atoms. The lowest BCUT2D eigenvalue weighted by molar-refractivity contribution is -0.120. The Morgan fingerprint density at radius 2 is 2.13 bits per heavy atom. The van der Waals surface area contributed by atoms with Crippen LogP contribution in [0.15, 0.2) is 18.6 Å². The van der Waals surface area contributed by atoms with E-state index < -0.39 is 0 Å². The molecule has 3 heterocycles. The van der Waals surface area contributed by atoms with Crippen LogP contribution in [0.1, 0.15) is 35.9 Å². The zero-order chi connectivity index (χ0) is 16.4. The summed E-state index contributed by atoms with van der Waals surface area (Å²) in [6, 6.07) is 0.281. The molecule has 1 unspecified atom stereocenters. The molecule has 2 aromatic rings. The normalized spacial score (nSPS) is 17.8. The van der Waals surface area contributed by atoms with Crippen molar-refractivity contribution in [3.8, 4) is 0 Å². The predicted octanol–water partition coefficient (Wildman–Crippen LogP) is 0.847. The molecule has 1 atom stereocenters. The van der Waals surface area contributed by atoms with Gasteiger partial charge in [0, 0.05) is 25.5 Å². The zero-order valence-electron chi connectivity index (χ0n) is 13.8. The number of hydrogen-bond acceptors (Lipinski definition) is 5. The lowest BCUT2D eigenvalue weighted by atomic mass is 10.2. The number of aryl methyl sites for hydroxylation is 1. The average Bonchev–Trinajstić information content (AvgIpc) is 2.94. The summed E-state index contributed by atoms with van der Waals surface area (Å²) in [6.07, 6.45) is 5.66. The number of nitrogens with zero attached hydrogens (tertiary/aromatic N) is 5. The maximum Gasteiger partial charge on any atom is 0.226 e. The molecular formula is C16H22N6O. The van der Waals surface area contributed by atoms with E-state index >= 15 is 0 Å².